The van der Waals surface area contributed by atoms with Crippen molar-refractivity contribution in [3.8, 4) is 0 Å². The van der Waals surface area contributed by atoms with E-state index in [1.165, 1.54) is 0 Å². The number of nitrogens with zero attached hydrogens (tertiary/aromatic N) is 3. The van der Waals surface area contributed by atoms with E-state index in [-0.39, 0.29) is 6.03 Å². The van der Waals surface area contributed by atoms with Crippen LogP contribution in [-0.4, -0.2) is 25.6 Å². The number of amides is 2. The van der Waals surface area contributed by atoms with E-state index in [1.54, 1.807) is 12.4 Å². The number of aromatic amines is 1. The number of rotatable bonds is 3. The molecule has 7 nitrogen and oxygen atoms in total. The number of anilines is 2. The third-order valence-corrected chi connectivity index (χ3v) is 3.51. The van der Waals surface area contributed by atoms with Gasteiger partial charge in [0.25, 0.3) is 0 Å². The average molecular weight is 282 g/mol. The van der Waals surface area contributed by atoms with Crippen molar-refractivity contribution in [2.24, 2.45) is 0 Å². The first-order valence-electron chi connectivity index (χ1n) is 6.84. The number of urea groups is 1. The second-order valence-electron chi connectivity index (χ2n) is 5.14. The van der Waals surface area contributed by atoms with Crippen molar-refractivity contribution in [2.45, 2.75) is 18.8 Å². The molecule has 7 heteroatoms. The smallest absolute Gasteiger partial charge is 0.305 e. The maximum absolute atomic E-state index is 12.0. The molecule has 3 aromatic rings. The summed E-state index contributed by atoms with van der Waals surface area (Å²) in [7, 11) is 0. The number of carbonyl (C=O) groups excluding carboxylic acids is 1. The van der Waals surface area contributed by atoms with Crippen LogP contribution < -0.4 is 10.6 Å². The fraction of sp³-hybridized carbons (Fsp3) is 0.214. The molecule has 0 aliphatic heterocycles. The van der Waals surface area contributed by atoms with Crippen molar-refractivity contribution in [3.63, 3.8) is 0 Å². The minimum Gasteiger partial charge on any atom is -0.305 e. The molecule has 1 aliphatic carbocycles. The number of hydrogen-bond donors (Lipinski definition) is 3. The minimum atomic E-state index is -0.318. The summed E-state index contributed by atoms with van der Waals surface area (Å²) in [6, 6.07) is 5.37. The Kier molecular flexibility index (Phi) is 2.63. The first-order valence-corrected chi connectivity index (χ1v) is 6.84. The highest BCUT2D eigenvalue weighted by atomic mass is 16.2. The summed E-state index contributed by atoms with van der Waals surface area (Å²) in [5, 5.41) is 12.5. The predicted octanol–water partition coefficient (Wildman–Crippen LogP) is 2.58. The zero-order chi connectivity index (χ0) is 14.2. The molecule has 1 saturated carbocycles. The van der Waals surface area contributed by atoms with Crippen LogP contribution >= 0.6 is 0 Å². The summed E-state index contributed by atoms with van der Waals surface area (Å²) in [4.78, 5) is 16.4. The third-order valence-electron chi connectivity index (χ3n) is 3.51. The number of H-pyrrole nitrogens is 1. The van der Waals surface area contributed by atoms with Gasteiger partial charge >= 0.3 is 6.03 Å². The molecule has 1 fully saturated rings. The Balaban J connectivity index is 1.48. The molecule has 1 aliphatic rings. The lowest BCUT2D eigenvalue weighted by atomic mass is 10.2. The molecule has 3 N–H and O–H groups in total. The number of imidazole rings is 1. The lowest BCUT2D eigenvalue weighted by Gasteiger charge is -2.05. The van der Waals surface area contributed by atoms with Gasteiger partial charge in [-0.3, -0.25) is 10.4 Å². The summed E-state index contributed by atoms with van der Waals surface area (Å²) >= 11 is 0. The van der Waals surface area contributed by atoms with Gasteiger partial charge in [-0.25, -0.2) is 9.78 Å². The van der Waals surface area contributed by atoms with Gasteiger partial charge in [-0.05, 0) is 25.0 Å². The van der Waals surface area contributed by atoms with E-state index in [1.807, 2.05) is 28.8 Å². The van der Waals surface area contributed by atoms with Crippen molar-refractivity contribution in [2.75, 3.05) is 10.6 Å². The van der Waals surface area contributed by atoms with Gasteiger partial charge in [0.2, 0.25) is 0 Å². The van der Waals surface area contributed by atoms with E-state index in [4.69, 9.17) is 0 Å². The largest absolute Gasteiger partial charge is 0.324 e. The van der Waals surface area contributed by atoms with E-state index in [2.05, 4.69) is 25.8 Å². The molecule has 0 saturated heterocycles. The Hall–Kier alpha value is -2.83. The van der Waals surface area contributed by atoms with Gasteiger partial charge in [-0.15, -0.1) is 0 Å². The molecule has 2 amide bonds. The molecule has 0 spiro atoms. The summed E-state index contributed by atoms with van der Waals surface area (Å²) < 4.78 is 1.85. The van der Waals surface area contributed by atoms with E-state index in [0.717, 1.165) is 29.9 Å². The summed E-state index contributed by atoms with van der Waals surface area (Å²) in [5.41, 5.74) is 2.52. The first kappa shape index (κ1) is 12.0. The number of pyridine rings is 1. The van der Waals surface area contributed by atoms with Gasteiger partial charge in [-0.1, -0.05) is 6.07 Å². The number of fused-ring (bicyclic) bond motifs is 1. The molecule has 0 atom stereocenters. The molecule has 106 valence electrons. The van der Waals surface area contributed by atoms with E-state index >= 15 is 0 Å². The van der Waals surface area contributed by atoms with Crippen LogP contribution in [0.25, 0.3) is 5.65 Å². The lowest BCUT2D eigenvalue weighted by molar-refractivity contribution is 0.262. The monoisotopic (exact) mass is 282 g/mol. The average Bonchev–Trinajstić information content (AvgIpc) is 3.07. The van der Waals surface area contributed by atoms with Gasteiger partial charge in [0, 0.05) is 12.1 Å². The fourth-order valence-corrected chi connectivity index (χ4v) is 2.34. The summed E-state index contributed by atoms with van der Waals surface area (Å²) in [5.74, 6) is 1.01. The van der Waals surface area contributed by atoms with Crippen molar-refractivity contribution in [1.29, 1.82) is 0 Å². The van der Waals surface area contributed by atoms with Crippen molar-refractivity contribution < 1.29 is 4.79 Å². The van der Waals surface area contributed by atoms with Crippen molar-refractivity contribution >= 4 is 23.2 Å². The second kappa shape index (κ2) is 4.62. The normalized spacial score (nSPS) is 14.3. The summed E-state index contributed by atoms with van der Waals surface area (Å²) in [6.07, 6.45) is 7.57. The van der Waals surface area contributed by atoms with Gasteiger partial charge < -0.3 is 9.72 Å². The highest BCUT2D eigenvalue weighted by Gasteiger charge is 2.28. The van der Waals surface area contributed by atoms with Crippen LogP contribution in [0.2, 0.25) is 0 Å². The quantitative estimate of drug-likeness (QED) is 0.690. The van der Waals surface area contributed by atoms with Crippen LogP contribution in [0.15, 0.2) is 36.8 Å². The van der Waals surface area contributed by atoms with E-state index in [0.29, 0.717) is 11.7 Å². The zero-order valence-corrected chi connectivity index (χ0v) is 11.2. The van der Waals surface area contributed by atoms with Crippen LogP contribution in [0.5, 0.6) is 0 Å². The maximum Gasteiger partial charge on any atom is 0.324 e. The van der Waals surface area contributed by atoms with Crippen LogP contribution in [0, 0.1) is 0 Å². The highest BCUT2D eigenvalue weighted by Crippen LogP contribution is 2.42. The number of carbonyl (C=O) groups is 1. The predicted molar refractivity (Wildman–Crippen MR) is 78.4 cm³/mol. The molecule has 0 aromatic carbocycles. The van der Waals surface area contributed by atoms with Gasteiger partial charge in [0.15, 0.2) is 5.82 Å². The minimum absolute atomic E-state index is 0.318. The molecule has 21 heavy (non-hydrogen) atoms. The Morgan fingerprint density at radius 3 is 3.05 bits per heavy atom. The van der Waals surface area contributed by atoms with E-state index < -0.39 is 0 Å². The Labute approximate surface area is 120 Å². The number of nitrogens with one attached hydrogen (secondary N) is 3. The Bertz CT molecular complexity index is 768. The molecular weight excluding hydrogens is 268 g/mol. The summed E-state index contributed by atoms with van der Waals surface area (Å²) in [6.45, 7) is 0. The molecule has 3 heterocycles. The molecule has 0 unspecified atom stereocenters. The molecule has 3 aromatic heterocycles. The topological polar surface area (TPSA) is 87.1 Å². The molecular formula is C14H14N6O. The molecule has 0 radical (unpaired) electrons. The lowest BCUT2D eigenvalue weighted by Crippen LogP contribution is -2.20. The van der Waals surface area contributed by atoms with Crippen LogP contribution in [0.4, 0.5) is 16.3 Å². The van der Waals surface area contributed by atoms with Crippen molar-refractivity contribution in [1.82, 2.24) is 19.6 Å². The SMILES string of the molecule is O=C(Nc1cn2ccccc2n1)Nc1cn[nH]c1C1CC1. The van der Waals surface area contributed by atoms with Gasteiger partial charge in [0.1, 0.15) is 5.65 Å². The number of aromatic nitrogens is 4. The number of hydrogen-bond acceptors (Lipinski definition) is 3. The fourth-order valence-electron chi connectivity index (χ4n) is 2.34. The van der Waals surface area contributed by atoms with Gasteiger partial charge in [-0.2, -0.15) is 5.10 Å². The first-order chi connectivity index (χ1) is 10.3. The maximum atomic E-state index is 12.0. The van der Waals surface area contributed by atoms with Crippen molar-refractivity contribution in [3.05, 3.63) is 42.5 Å². The Morgan fingerprint density at radius 2 is 2.24 bits per heavy atom. The van der Waals surface area contributed by atoms with Crippen LogP contribution in [-0.2, 0) is 0 Å². The standard InChI is InChI=1S/C14H14N6O/c21-14(16-10-7-15-19-13(10)9-4-5-9)18-11-8-20-6-2-1-3-12(20)17-11/h1-3,6-9H,4-5H2,(H,15,19)(H2,16,18,21). The van der Waals surface area contributed by atoms with Crippen LogP contribution in [0.3, 0.4) is 0 Å². The molecule has 0 bridgehead atoms. The second-order valence-corrected chi connectivity index (χ2v) is 5.14. The van der Waals surface area contributed by atoms with E-state index in [9.17, 15) is 4.79 Å². The van der Waals surface area contributed by atoms with Crippen LogP contribution in [0.1, 0.15) is 24.5 Å². The van der Waals surface area contributed by atoms with Gasteiger partial charge in [0.05, 0.1) is 23.8 Å². The molecule has 4 rings (SSSR count). The third kappa shape index (κ3) is 2.33. The highest BCUT2D eigenvalue weighted by molar-refractivity contribution is 5.99. The zero-order valence-electron chi connectivity index (χ0n) is 11.2. The Morgan fingerprint density at radius 1 is 1.33 bits per heavy atom.